The molecule has 0 saturated carbocycles. The van der Waals surface area contributed by atoms with Crippen molar-refractivity contribution in [1.29, 1.82) is 0 Å². The van der Waals surface area contributed by atoms with Crippen molar-refractivity contribution in [3.8, 4) is 0 Å². The highest BCUT2D eigenvalue weighted by Gasteiger charge is 2.45. The maximum Gasteiger partial charge on any atom is 0.343 e. The number of pyridine rings is 1. The lowest BCUT2D eigenvalue weighted by atomic mass is 9.82. The average molecular weight is 451 g/mol. The molecule has 2 aliphatic heterocycles. The normalized spacial score (nSPS) is 25.6. The van der Waals surface area contributed by atoms with E-state index in [1.165, 1.54) is 6.07 Å². The Morgan fingerprint density at radius 2 is 2.18 bits per heavy atom. The van der Waals surface area contributed by atoms with E-state index in [1.54, 1.807) is 19.9 Å². The third-order valence-corrected chi connectivity index (χ3v) is 7.29. The Labute approximate surface area is 190 Å². The lowest BCUT2D eigenvalue weighted by molar-refractivity contribution is -0.162. The second kappa shape index (κ2) is 7.46. The predicted octanol–water partition coefficient (Wildman–Crippen LogP) is 2.61. The first-order valence-electron chi connectivity index (χ1n) is 11.1. The Balaban J connectivity index is 1.80. The van der Waals surface area contributed by atoms with Crippen molar-refractivity contribution in [2.24, 2.45) is 5.73 Å². The van der Waals surface area contributed by atoms with E-state index in [4.69, 9.17) is 15.5 Å². The number of aldehydes is 1. The van der Waals surface area contributed by atoms with Crippen LogP contribution >= 0.6 is 0 Å². The molecule has 1 aromatic carbocycles. The SMILES string of the molecule is CCC1(O)C(=O)OCC(C=O)=C1C=C1c2nc3cc(F)c(C)c4c3c(c2CN1C)C(N)CC4. The number of carbonyl (C=O) groups is 2. The monoisotopic (exact) mass is 451 g/mol. The number of cyclic esters (lactones) is 1. The Morgan fingerprint density at radius 3 is 2.88 bits per heavy atom. The van der Waals surface area contributed by atoms with Crippen LogP contribution in [0.4, 0.5) is 4.39 Å². The number of halogens is 1. The predicted molar refractivity (Wildman–Crippen MR) is 120 cm³/mol. The van der Waals surface area contributed by atoms with Crippen molar-refractivity contribution in [3.05, 3.63) is 57.1 Å². The van der Waals surface area contributed by atoms with E-state index < -0.39 is 11.6 Å². The van der Waals surface area contributed by atoms with Gasteiger partial charge in [0.05, 0.1) is 16.9 Å². The summed E-state index contributed by atoms with van der Waals surface area (Å²) in [5.41, 5.74) is 10.4. The number of aryl methyl sites for hydroxylation is 1. The molecule has 3 aliphatic rings. The van der Waals surface area contributed by atoms with Gasteiger partial charge < -0.3 is 20.5 Å². The molecule has 0 spiro atoms. The Kier molecular flexibility index (Phi) is 4.91. The van der Waals surface area contributed by atoms with Gasteiger partial charge in [0.2, 0.25) is 0 Å². The second-order valence-electron chi connectivity index (χ2n) is 9.09. The van der Waals surface area contributed by atoms with Gasteiger partial charge in [0, 0.05) is 47.8 Å². The van der Waals surface area contributed by atoms with Crippen molar-refractivity contribution in [2.75, 3.05) is 13.7 Å². The Morgan fingerprint density at radius 1 is 1.42 bits per heavy atom. The van der Waals surface area contributed by atoms with E-state index in [0.29, 0.717) is 48.1 Å². The first-order chi connectivity index (χ1) is 15.7. The van der Waals surface area contributed by atoms with Crippen molar-refractivity contribution in [2.45, 2.75) is 51.3 Å². The van der Waals surface area contributed by atoms with Gasteiger partial charge in [-0.2, -0.15) is 0 Å². The first kappa shape index (κ1) is 21.7. The highest BCUT2D eigenvalue weighted by Crippen LogP contribution is 2.45. The summed E-state index contributed by atoms with van der Waals surface area (Å²) in [6.07, 6.45) is 3.72. The summed E-state index contributed by atoms with van der Waals surface area (Å²) in [5.74, 6) is -1.08. The maximum absolute atomic E-state index is 14.7. The van der Waals surface area contributed by atoms with Crippen LogP contribution in [0.15, 0.2) is 23.3 Å². The second-order valence-corrected chi connectivity index (χ2v) is 9.09. The number of esters is 1. The third kappa shape index (κ3) is 2.97. The van der Waals surface area contributed by atoms with Crippen molar-refractivity contribution in [1.82, 2.24) is 9.88 Å². The number of benzene rings is 1. The number of rotatable bonds is 3. The molecule has 2 aromatic rings. The van der Waals surface area contributed by atoms with E-state index in [0.717, 1.165) is 22.1 Å². The van der Waals surface area contributed by atoms with Gasteiger partial charge in [0.25, 0.3) is 0 Å². The number of hydrogen-bond acceptors (Lipinski definition) is 7. The summed E-state index contributed by atoms with van der Waals surface area (Å²) < 4.78 is 19.7. The molecular formula is C25H26FN3O4. The van der Waals surface area contributed by atoms with Crippen molar-refractivity contribution in [3.63, 3.8) is 0 Å². The molecule has 1 aliphatic carbocycles. The highest BCUT2D eigenvalue weighted by molar-refractivity contribution is 5.95. The van der Waals surface area contributed by atoms with Crippen LogP contribution in [-0.4, -0.2) is 46.5 Å². The molecule has 0 radical (unpaired) electrons. The number of nitrogens with two attached hydrogens (primary N) is 1. The number of aliphatic hydroxyl groups is 1. The molecule has 0 fully saturated rings. The summed E-state index contributed by atoms with van der Waals surface area (Å²) in [5, 5.41) is 12.0. The summed E-state index contributed by atoms with van der Waals surface area (Å²) in [7, 11) is 1.87. The van der Waals surface area contributed by atoms with Gasteiger partial charge in [-0.25, -0.2) is 14.2 Å². The number of ether oxygens (including phenoxy) is 1. The summed E-state index contributed by atoms with van der Waals surface area (Å²) in [6, 6.07) is 1.25. The number of carbonyl (C=O) groups excluding carboxylic acids is 2. The van der Waals surface area contributed by atoms with Gasteiger partial charge in [0.1, 0.15) is 18.7 Å². The molecule has 3 heterocycles. The molecular weight excluding hydrogens is 425 g/mol. The summed E-state index contributed by atoms with van der Waals surface area (Å²) in [4.78, 5) is 30.9. The number of nitrogens with zero attached hydrogens (tertiary/aromatic N) is 2. The minimum atomic E-state index is -1.93. The summed E-state index contributed by atoms with van der Waals surface area (Å²) >= 11 is 0. The quantitative estimate of drug-likeness (QED) is 0.546. The molecule has 33 heavy (non-hydrogen) atoms. The summed E-state index contributed by atoms with van der Waals surface area (Å²) in [6.45, 7) is 3.77. The largest absolute Gasteiger partial charge is 0.458 e. The first-order valence-corrected chi connectivity index (χ1v) is 11.1. The zero-order valence-electron chi connectivity index (χ0n) is 18.9. The molecule has 2 atom stereocenters. The standard InChI is InChI=1S/C25H26FN3O4/c1-4-25(32)16(13(10-30)11-33-24(25)31)7-20-23-15(9-29(20)3)21-18(27)6-5-14-12(2)17(26)8-19(28-23)22(14)21/h7-8,10,18,32H,4-6,9,11,27H2,1-3H3. The van der Waals surface area contributed by atoms with E-state index in [9.17, 15) is 19.1 Å². The minimum absolute atomic E-state index is 0.0496. The van der Waals surface area contributed by atoms with Crippen LogP contribution in [0.3, 0.4) is 0 Å². The van der Waals surface area contributed by atoms with Crippen LogP contribution in [0.2, 0.25) is 0 Å². The molecule has 3 N–H and O–H groups in total. The maximum atomic E-state index is 14.7. The molecule has 2 unspecified atom stereocenters. The van der Waals surface area contributed by atoms with Gasteiger partial charge >= 0.3 is 5.97 Å². The van der Waals surface area contributed by atoms with Gasteiger partial charge in [-0.15, -0.1) is 0 Å². The fourth-order valence-corrected chi connectivity index (χ4v) is 5.36. The fourth-order valence-electron chi connectivity index (χ4n) is 5.36. The molecule has 7 nitrogen and oxygen atoms in total. The van der Waals surface area contributed by atoms with E-state index in [2.05, 4.69) is 0 Å². The molecule has 0 saturated heterocycles. The van der Waals surface area contributed by atoms with Gasteiger partial charge in [-0.3, -0.25) is 4.79 Å². The van der Waals surface area contributed by atoms with Crippen LogP contribution in [-0.2, 0) is 27.3 Å². The molecule has 0 bridgehead atoms. The third-order valence-electron chi connectivity index (χ3n) is 7.29. The van der Waals surface area contributed by atoms with Crippen LogP contribution in [0.25, 0.3) is 16.6 Å². The number of fused-ring (bicyclic) bond motifs is 2. The Hall–Kier alpha value is -3.10. The lowest BCUT2D eigenvalue weighted by Gasteiger charge is -2.32. The van der Waals surface area contributed by atoms with Gasteiger partial charge in [0.15, 0.2) is 5.60 Å². The average Bonchev–Trinajstić information content (AvgIpc) is 3.10. The zero-order chi connectivity index (χ0) is 23.7. The van der Waals surface area contributed by atoms with Crippen LogP contribution in [0.5, 0.6) is 0 Å². The number of aromatic nitrogens is 1. The number of hydrogen-bond donors (Lipinski definition) is 2. The molecule has 0 amide bonds. The van der Waals surface area contributed by atoms with E-state index in [-0.39, 0.29) is 36.0 Å². The van der Waals surface area contributed by atoms with Crippen LogP contribution < -0.4 is 5.73 Å². The van der Waals surface area contributed by atoms with Gasteiger partial charge in [-0.1, -0.05) is 6.92 Å². The fraction of sp³-hybridized carbons (Fsp3) is 0.400. The molecule has 1 aromatic heterocycles. The van der Waals surface area contributed by atoms with Crippen molar-refractivity contribution >= 4 is 28.9 Å². The van der Waals surface area contributed by atoms with E-state index >= 15 is 0 Å². The minimum Gasteiger partial charge on any atom is -0.458 e. The van der Waals surface area contributed by atoms with Crippen LogP contribution in [0.1, 0.15) is 53.8 Å². The van der Waals surface area contributed by atoms with E-state index in [1.807, 2.05) is 11.9 Å². The zero-order valence-corrected chi connectivity index (χ0v) is 18.9. The molecule has 5 rings (SSSR count). The Bertz CT molecular complexity index is 1300. The van der Waals surface area contributed by atoms with Gasteiger partial charge in [-0.05, 0) is 49.0 Å². The smallest absolute Gasteiger partial charge is 0.343 e. The molecule has 172 valence electrons. The topological polar surface area (TPSA) is 106 Å². The van der Waals surface area contributed by atoms with Crippen molar-refractivity contribution < 1.29 is 23.8 Å². The highest BCUT2D eigenvalue weighted by atomic mass is 19.1. The van der Waals surface area contributed by atoms with Crippen LogP contribution in [0, 0.1) is 12.7 Å². The molecule has 8 heteroatoms. The lowest BCUT2D eigenvalue weighted by Crippen LogP contribution is -2.45.